The average molecular weight is 328 g/mol. The molecular weight excluding hydrogens is 304 g/mol. The summed E-state index contributed by atoms with van der Waals surface area (Å²) >= 11 is 0. The molecule has 6 nitrogen and oxygen atoms in total. The number of benzene rings is 1. The van der Waals surface area contributed by atoms with Gasteiger partial charge < -0.3 is 20.4 Å². The van der Waals surface area contributed by atoms with E-state index in [-0.39, 0.29) is 12.5 Å². The highest BCUT2D eigenvalue weighted by molar-refractivity contribution is 5.86. The summed E-state index contributed by atoms with van der Waals surface area (Å²) in [5.41, 5.74) is 2.35. The Hall–Kier alpha value is -2.76. The van der Waals surface area contributed by atoms with Crippen molar-refractivity contribution in [2.75, 3.05) is 13.1 Å². The number of hydrogen-bond acceptors (Lipinski definition) is 3. The van der Waals surface area contributed by atoms with Crippen LogP contribution >= 0.6 is 0 Å². The molecule has 0 atom stereocenters. The third-order valence-electron chi connectivity index (χ3n) is 3.34. The van der Waals surface area contributed by atoms with Crippen LogP contribution in [0.25, 0.3) is 0 Å². The van der Waals surface area contributed by atoms with Gasteiger partial charge in [0, 0.05) is 6.54 Å². The van der Waals surface area contributed by atoms with Crippen LogP contribution in [0.1, 0.15) is 23.8 Å². The van der Waals surface area contributed by atoms with Crippen molar-refractivity contribution in [1.82, 2.24) is 16.0 Å². The average Bonchev–Trinajstić information content (AvgIpc) is 3.10. The van der Waals surface area contributed by atoms with Crippen molar-refractivity contribution < 1.29 is 9.21 Å². The number of furan rings is 1. The van der Waals surface area contributed by atoms with E-state index in [1.807, 2.05) is 13.0 Å². The third kappa shape index (κ3) is 6.16. The van der Waals surface area contributed by atoms with Crippen molar-refractivity contribution in [2.24, 2.45) is 4.99 Å². The number of guanidine groups is 1. The molecule has 128 valence electrons. The molecule has 0 bridgehead atoms. The summed E-state index contributed by atoms with van der Waals surface area (Å²) in [4.78, 5) is 16.4. The smallest absolute Gasteiger partial charge is 0.239 e. The summed E-state index contributed by atoms with van der Waals surface area (Å²) in [6, 6.07) is 11.8. The number of aryl methyl sites for hydroxylation is 1. The minimum absolute atomic E-state index is 0.118. The van der Waals surface area contributed by atoms with E-state index < -0.39 is 0 Å². The van der Waals surface area contributed by atoms with Crippen molar-refractivity contribution in [3.8, 4) is 0 Å². The molecule has 0 aliphatic rings. The first-order valence-electron chi connectivity index (χ1n) is 8.04. The number of nitrogens with zero attached hydrogens (tertiary/aromatic N) is 1. The standard InChI is InChI=1S/C18H24N4O2/c1-3-19-18(21-11-15-8-6-14(2)7-9-15)22-13-17(23)20-12-16-5-4-10-24-16/h4-10H,3,11-13H2,1-2H3,(H,20,23)(H2,19,21,22). The fourth-order valence-electron chi connectivity index (χ4n) is 2.03. The summed E-state index contributed by atoms with van der Waals surface area (Å²) in [5.74, 6) is 1.22. The van der Waals surface area contributed by atoms with Crippen LogP contribution in [0.3, 0.4) is 0 Å². The lowest BCUT2D eigenvalue weighted by molar-refractivity contribution is -0.120. The van der Waals surface area contributed by atoms with Gasteiger partial charge in [0.05, 0.1) is 25.9 Å². The maximum atomic E-state index is 11.9. The molecule has 0 saturated heterocycles. The number of amides is 1. The zero-order valence-corrected chi connectivity index (χ0v) is 14.1. The number of carbonyl (C=O) groups excluding carboxylic acids is 1. The van der Waals surface area contributed by atoms with Gasteiger partial charge >= 0.3 is 0 Å². The maximum Gasteiger partial charge on any atom is 0.239 e. The van der Waals surface area contributed by atoms with E-state index in [1.54, 1.807) is 12.3 Å². The molecule has 0 unspecified atom stereocenters. The number of hydrogen-bond donors (Lipinski definition) is 3. The van der Waals surface area contributed by atoms with Crippen molar-refractivity contribution in [2.45, 2.75) is 26.9 Å². The topological polar surface area (TPSA) is 78.7 Å². The predicted molar refractivity (Wildman–Crippen MR) is 94.6 cm³/mol. The summed E-state index contributed by atoms with van der Waals surface area (Å²) in [7, 11) is 0. The highest BCUT2D eigenvalue weighted by atomic mass is 16.3. The highest BCUT2D eigenvalue weighted by Gasteiger charge is 2.04. The van der Waals surface area contributed by atoms with Crippen LogP contribution in [0.2, 0.25) is 0 Å². The first-order chi connectivity index (χ1) is 11.7. The Morgan fingerprint density at radius 3 is 2.58 bits per heavy atom. The van der Waals surface area contributed by atoms with Gasteiger partial charge in [0.2, 0.25) is 5.91 Å². The first-order valence-corrected chi connectivity index (χ1v) is 8.04. The molecule has 0 radical (unpaired) electrons. The van der Waals surface area contributed by atoms with E-state index in [0.717, 1.165) is 17.9 Å². The zero-order chi connectivity index (χ0) is 17.2. The van der Waals surface area contributed by atoms with E-state index in [1.165, 1.54) is 5.56 Å². The monoisotopic (exact) mass is 328 g/mol. The van der Waals surface area contributed by atoms with Gasteiger partial charge in [-0.25, -0.2) is 4.99 Å². The van der Waals surface area contributed by atoms with Gasteiger partial charge in [0.1, 0.15) is 5.76 Å². The van der Waals surface area contributed by atoms with Crippen molar-refractivity contribution in [1.29, 1.82) is 0 Å². The summed E-state index contributed by atoms with van der Waals surface area (Å²) in [6.07, 6.45) is 1.58. The molecule has 0 fully saturated rings. The zero-order valence-electron chi connectivity index (χ0n) is 14.1. The Labute approximate surface area is 142 Å². The van der Waals surface area contributed by atoms with Gasteiger partial charge in [-0.1, -0.05) is 29.8 Å². The molecule has 2 aromatic rings. The van der Waals surface area contributed by atoms with E-state index in [2.05, 4.69) is 52.1 Å². The Morgan fingerprint density at radius 1 is 1.12 bits per heavy atom. The molecule has 0 aliphatic carbocycles. The fraction of sp³-hybridized carbons (Fsp3) is 0.333. The molecule has 3 N–H and O–H groups in total. The molecule has 2 rings (SSSR count). The second kappa shape index (κ2) is 9.39. The predicted octanol–water partition coefficient (Wildman–Crippen LogP) is 1.96. The second-order valence-electron chi connectivity index (χ2n) is 5.39. The van der Waals surface area contributed by atoms with E-state index >= 15 is 0 Å². The van der Waals surface area contributed by atoms with Gasteiger partial charge in [-0.15, -0.1) is 0 Å². The van der Waals surface area contributed by atoms with E-state index in [9.17, 15) is 4.79 Å². The third-order valence-corrected chi connectivity index (χ3v) is 3.34. The molecular formula is C18H24N4O2. The largest absolute Gasteiger partial charge is 0.467 e. The van der Waals surface area contributed by atoms with Crippen LogP contribution in [0, 0.1) is 6.92 Å². The maximum absolute atomic E-state index is 11.9. The Bertz CT molecular complexity index is 648. The van der Waals surface area contributed by atoms with Gasteiger partial charge in [-0.05, 0) is 31.5 Å². The van der Waals surface area contributed by atoms with Gasteiger partial charge in [0.25, 0.3) is 0 Å². The lowest BCUT2D eigenvalue weighted by Crippen LogP contribution is -2.43. The molecule has 1 heterocycles. The first kappa shape index (κ1) is 17.6. The highest BCUT2D eigenvalue weighted by Crippen LogP contribution is 2.04. The quantitative estimate of drug-likeness (QED) is 0.536. The van der Waals surface area contributed by atoms with Gasteiger partial charge in [-0.2, -0.15) is 0 Å². The lowest BCUT2D eigenvalue weighted by Gasteiger charge is -2.11. The number of aliphatic imine (C=N–C) groups is 1. The normalized spacial score (nSPS) is 11.2. The summed E-state index contributed by atoms with van der Waals surface area (Å²) in [6.45, 7) is 5.86. The Balaban J connectivity index is 1.80. The van der Waals surface area contributed by atoms with E-state index in [4.69, 9.17) is 4.42 Å². The molecule has 24 heavy (non-hydrogen) atoms. The Kier molecular flexibility index (Phi) is 6.89. The SMILES string of the molecule is CCNC(=NCc1ccc(C)cc1)NCC(=O)NCc1ccco1. The summed E-state index contributed by atoms with van der Waals surface area (Å²) < 4.78 is 5.17. The van der Waals surface area contributed by atoms with E-state index in [0.29, 0.717) is 19.0 Å². The van der Waals surface area contributed by atoms with Crippen LogP contribution in [0.4, 0.5) is 0 Å². The lowest BCUT2D eigenvalue weighted by atomic mass is 10.1. The van der Waals surface area contributed by atoms with Crippen LogP contribution in [-0.2, 0) is 17.9 Å². The van der Waals surface area contributed by atoms with Crippen molar-refractivity contribution in [3.63, 3.8) is 0 Å². The number of nitrogens with one attached hydrogen (secondary N) is 3. The van der Waals surface area contributed by atoms with Crippen molar-refractivity contribution >= 4 is 11.9 Å². The molecule has 6 heteroatoms. The minimum Gasteiger partial charge on any atom is -0.467 e. The molecule has 0 spiro atoms. The Morgan fingerprint density at radius 2 is 1.92 bits per heavy atom. The second-order valence-corrected chi connectivity index (χ2v) is 5.39. The molecule has 1 aromatic heterocycles. The summed E-state index contributed by atoms with van der Waals surface area (Å²) in [5, 5.41) is 8.94. The van der Waals surface area contributed by atoms with Crippen LogP contribution in [-0.4, -0.2) is 25.0 Å². The van der Waals surface area contributed by atoms with Gasteiger partial charge in [0.15, 0.2) is 5.96 Å². The van der Waals surface area contributed by atoms with Crippen LogP contribution in [0.15, 0.2) is 52.1 Å². The van der Waals surface area contributed by atoms with Crippen LogP contribution in [0.5, 0.6) is 0 Å². The van der Waals surface area contributed by atoms with Crippen molar-refractivity contribution in [3.05, 3.63) is 59.5 Å². The van der Waals surface area contributed by atoms with Crippen LogP contribution < -0.4 is 16.0 Å². The minimum atomic E-state index is -0.118. The fourth-order valence-corrected chi connectivity index (χ4v) is 2.03. The molecule has 1 amide bonds. The number of carbonyl (C=O) groups is 1. The van der Waals surface area contributed by atoms with Gasteiger partial charge in [-0.3, -0.25) is 4.79 Å². The molecule has 0 aliphatic heterocycles. The number of rotatable bonds is 7. The molecule has 1 aromatic carbocycles. The molecule has 0 saturated carbocycles.